The molecule has 100 valence electrons. The lowest BCUT2D eigenvalue weighted by Crippen LogP contribution is -2.44. The van der Waals surface area contributed by atoms with Gasteiger partial charge >= 0.3 is 0 Å². The molecule has 18 heavy (non-hydrogen) atoms. The Balaban J connectivity index is 1.85. The second-order valence-corrected chi connectivity index (χ2v) is 4.73. The van der Waals surface area contributed by atoms with Gasteiger partial charge in [-0.15, -0.1) is 5.10 Å². The zero-order chi connectivity index (χ0) is 12.8. The largest absolute Gasteiger partial charge is 0.340 e. The van der Waals surface area contributed by atoms with Crippen molar-refractivity contribution in [3.05, 3.63) is 12.4 Å². The lowest BCUT2D eigenvalue weighted by atomic mass is 9.99. The summed E-state index contributed by atoms with van der Waals surface area (Å²) in [7, 11) is 0. The molecule has 2 N–H and O–H groups in total. The van der Waals surface area contributed by atoms with Crippen molar-refractivity contribution in [1.29, 1.82) is 0 Å². The van der Waals surface area contributed by atoms with Gasteiger partial charge < -0.3 is 10.6 Å². The molecule has 0 aliphatic carbocycles. The van der Waals surface area contributed by atoms with E-state index in [9.17, 15) is 4.79 Å². The van der Waals surface area contributed by atoms with Crippen molar-refractivity contribution in [3.8, 4) is 0 Å². The standard InChI is InChI=1S/C12H21N5O/c13-6-4-11-3-1-2-8-17(11)12(18)5-9-16-10-7-14-15-16/h7,10-11H,1-6,8-9,13H2. The molecule has 6 heteroatoms. The first-order chi connectivity index (χ1) is 8.81. The van der Waals surface area contributed by atoms with Crippen LogP contribution in [0.4, 0.5) is 0 Å². The van der Waals surface area contributed by atoms with Gasteiger partial charge in [0, 0.05) is 25.2 Å². The number of amides is 1. The van der Waals surface area contributed by atoms with Crippen LogP contribution in [0.2, 0.25) is 0 Å². The zero-order valence-electron chi connectivity index (χ0n) is 10.7. The fourth-order valence-corrected chi connectivity index (χ4v) is 2.53. The average molecular weight is 251 g/mol. The number of hydrogen-bond acceptors (Lipinski definition) is 4. The number of rotatable bonds is 5. The molecule has 2 heterocycles. The van der Waals surface area contributed by atoms with E-state index in [1.165, 1.54) is 6.42 Å². The van der Waals surface area contributed by atoms with Crippen LogP contribution in [0.15, 0.2) is 12.4 Å². The number of carbonyl (C=O) groups is 1. The smallest absolute Gasteiger partial charge is 0.224 e. The highest BCUT2D eigenvalue weighted by Crippen LogP contribution is 2.20. The van der Waals surface area contributed by atoms with Crippen molar-refractivity contribution >= 4 is 5.91 Å². The summed E-state index contributed by atoms with van der Waals surface area (Å²) < 4.78 is 1.69. The van der Waals surface area contributed by atoms with E-state index in [2.05, 4.69) is 10.3 Å². The Bertz CT molecular complexity index is 363. The van der Waals surface area contributed by atoms with E-state index in [1.54, 1.807) is 17.1 Å². The maximum Gasteiger partial charge on any atom is 0.224 e. The van der Waals surface area contributed by atoms with Crippen LogP contribution in [0.3, 0.4) is 0 Å². The molecule has 0 radical (unpaired) electrons. The minimum absolute atomic E-state index is 0.212. The molecule has 1 aliphatic rings. The Morgan fingerprint density at radius 3 is 3.06 bits per heavy atom. The third-order valence-corrected chi connectivity index (χ3v) is 3.47. The summed E-state index contributed by atoms with van der Waals surface area (Å²) >= 11 is 0. The highest BCUT2D eigenvalue weighted by atomic mass is 16.2. The average Bonchev–Trinajstić information content (AvgIpc) is 2.90. The second kappa shape index (κ2) is 6.49. The van der Waals surface area contributed by atoms with Crippen LogP contribution >= 0.6 is 0 Å². The van der Waals surface area contributed by atoms with Crippen molar-refractivity contribution in [2.75, 3.05) is 13.1 Å². The van der Waals surface area contributed by atoms with Gasteiger partial charge in [0.25, 0.3) is 0 Å². The van der Waals surface area contributed by atoms with Gasteiger partial charge in [-0.3, -0.25) is 9.48 Å². The molecule has 6 nitrogen and oxygen atoms in total. The second-order valence-electron chi connectivity index (χ2n) is 4.73. The lowest BCUT2D eigenvalue weighted by molar-refractivity contribution is -0.135. The molecule has 1 saturated heterocycles. The quantitative estimate of drug-likeness (QED) is 0.821. The summed E-state index contributed by atoms with van der Waals surface area (Å²) in [5, 5.41) is 7.59. The van der Waals surface area contributed by atoms with E-state index >= 15 is 0 Å². The first kappa shape index (κ1) is 13.0. The molecular weight excluding hydrogens is 230 g/mol. The summed E-state index contributed by atoms with van der Waals surface area (Å²) in [5.41, 5.74) is 5.61. The molecule has 1 amide bonds. The molecule has 0 spiro atoms. The first-order valence-corrected chi connectivity index (χ1v) is 6.65. The SMILES string of the molecule is NCCC1CCCCN1C(=O)CCn1ccnn1. The summed E-state index contributed by atoms with van der Waals surface area (Å²) in [5.74, 6) is 0.212. The van der Waals surface area contributed by atoms with Gasteiger partial charge in [0.15, 0.2) is 0 Å². The summed E-state index contributed by atoms with van der Waals surface area (Å²) in [6, 6.07) is 0.340. The van der Waals surface area contributed by atoms with Gasteiger partial charge in [0.1, 0.15) is 0 Å². The van der Waals surface area contributed by atoms with Crippen molar-refractivity contribution in [2.45, 2.75) is 44.7 Å². The van der Waals surface area contributed by atoms with Gasteiger partial charge in [-0.2, -0.15) is 0 Å². The predicted molar refractivity (Wildman–Crippen MR) is 67.7 cm³/mol. The molecule has 1 fully saturated rings. The minimum Gasteiger partial charge on any atom is -0.340 e. The number of likely N-dealkylation sites (tertiary alicyclic amines) is 1. The van der Waals surface area contributed by atoms with Gasteiger partial charge in [-0.25, -0.2) is 0 Å². The molecule has 0 aromatic carbocycles. The van der Waals surface area contributed by atoms with E-state index in [1.807, 2.05) is 4.90 Å². The van der Waals surface area contributed by atoms with E-state index in [4.69, 9.17) is 5.73 Å². The number of piperidine rings is 1. The van der Waals surface area contributed by atoms with Crippen LogP contribution in [0.1, 0.15) is 32.1 Å². The number of nitrogens with zero attached hydrogens (tertiary/aromatic N) is 4. The predicted octanol–water partition coefficient (Wildman–Crippen LogP) is 0.398. The van der Waals surface area contributed by atoms with Gasteiger partial charge in [-0.05, 0) is 32.2 Å². The van der Waals surface area contributed by atoms with Gasteiger partial charge in [-0.1, -0.05) is 5.21 Å². The molecule has 0 saturated carbocycles. The Labute approximate surface area is 107 Å². The fraction of sp³-hybridized carbons (Fsp3) is 0.750. The Morgan fingerprint density at radius 1 is 1.44 bits per heavy atom. The molecule has 1 unspecified atom stereocenters. The summed E-state index contributed by atoms with van der Waals surface area (Å²) in [4.78, 5) is 14.2. The Morgan fingerprint density at radius 2 is 2.33 bits per heavy atom. The fourth-order valence-electron chi connectivity index (χ4n) is 2.53. The zero-order valence-corrected chi connectivity index (χ0v) is 10.7. The molecular formula is C12H21N5O. The highest BCUT2D eigenvalue weighted by molar-refractivity contribution is 5.76. The highest BCUT2D eigenvalue weighted by Gasteiger charge is 2.25. The summed E-state index contributed by atoms with van der Waals surface area (Å²) in [6.07, 6.45) is 8.21. The summed E-state index contributed by atoms with van der Waals surface area (Å²) in [6.45, 7) is 2.13. The molecule has 1 aromatic rings. The van der Waals surface area contributed by atoms with Gasteiger partial charge in [0.2, 0.25) is 5.91 Å². The van der Waals surface area contributed by atoms with Crippen LogP contribution in [0.5, 0.6) is 0 Å². The number of nitrogens with two attached hydrogens (primary N) is 1. The maximum atomic E-state index is 12.2. The Hall–Kier alpha value is -1.43. The van der Waals surface area contributed by atoms with E-state index in [-0.39, 0.29) is 5.91 Å². The van der Waals surface area contributed by atoms with Crippen molar-refractivity contribution in [1.82, 2.24) is 19.9 Å². The van der Waals surface area contributed by atoms with Crippen molar-refractivity contribution < 1.29 is 4.79 Å². The third-order valence-electron chi connectivity index (χ3n) is 3.47. The number of hydrogen-bond donors (Lipinski definition) is 1. The maximum absolute atomic E-state index is 12.2. The van der Waals surface area contributed by atoms with Crippen molar-refractivity contribution in [3.63, 3.8) is 0 Å². The molecule has 1 atom stereocenters. The first-order valence-electron chi connectivity index (χ1n) is 6.65. The molecule has 2 rings (SSSR count). The van der Waals surface area contributed by atoms with Crippen LogP contribution < -0.4 is 5.73 Å². The number of aromatic nitrogens is 3. The molecule has 1 aliphatic heterocycles. The molecule has 0 bridgehead atoms. The van der Waals surface area contributed by atoms with E-state index in [0.717, 1.165) is 25.8 Å². The minimum atomic E-state index is 0.212. The van der Waals surface area contributed by atoms with E-state index < -0.39 is 0 Å². The van der Waals surface area contributed by atoms with Gasteiger partial charge in [0.05, 0.1) is 12.7 Å². The van der Waals surface area contributed by atoms with Crippen molar-refractivity contribution in [2.24, 2.45) is 5.73 Å². The van der Waals surface area contributed by atoms with Crippen LogP contribution in [-0.4, -0.2) is 44.9 Å². The van der Waals surface area contributed by atoms with Crippen LogP contribution in [-0.2, 0) is 11.3 Å². The third kappa shape index (κ3) is 3.29. The lowest BCUT2D eigenvalue weighted by Gasteiger charge is -2.35. The number of carbonyl (C=O) groups excluding carboxylic acids is 1. The molecule has 1 aromatic heterocycles. The monoisotopic (exact) mass is 251 g/mol. The van der Waals surface area contributed by atoms with E-state index in [0.29, 0.717) is 25.6 Å². The topological polar surface area (TPSA) is 77.0 Å². The number of aryl methyl sites for hydroxylation is 1. The van der Waals surface area contributed by atoms with Crippen LogP contribution in [0.25, 0.3) is 0 Å². The van der Waals surface area contributed by atoms with Crippen LogP contribution in [0, 0.1) is 0 Å². The Kier molecular flexibility index (Phi) is 4.69. The normalized spacial score (nSPS) is 20.1.